The smallest absolute Gasteiger partial charge is 0.333 e. The molecule has 0 aromatic heterocycles. The van der Waals surface area contributed by atoms with E-state index >= 15 is 0 Å². The van der Waals surface area contributed by atoms with Crippen molar-refractivity contribution in [3.63, 3.8) is 0 Å². The number of allylic oxidation sites excluding steroid dienone is 1. The summed E-state index contributed by atoms with van der Waals surface area (Å²) in [6.07, 6.45) is 7.87. The van der Waals surface area contributed by atoms with Gasteiger partial charge in [0, 0.05) is 23.9 Å². The molecule has 1 aromatic rings. The van der Waals surface area contributed by atoms with Gasteiger partial charge < -0.3 is 9.84 Å². The zero-order valence-electron chi connectivity index (χ0n) is 16.9. The number of phenols is 1. The molecular weight excluding hydrogens is 378 g/mol. The Balaban J connectivity index is 1.93. The lowest BCUT2D eigenvalue weighted by molar-refractivity contribution is 0.0106. The minimum Gasteiger partial charge on any atom is -0.507 e. The van der Waals surface area contributed by atoms with Crippen molar-refractivity contribution in [2.75, 3.05) is 6.54 Å². The molecular formula is C21H31NO5S. The van der Waals surface area contributed by atoms with Gasteiger partial charge in [0.15, 0.2) is 0 Å². The second-order valence-corrected chi connectivity index (χ2v) is 9.72. The quantitative estimate of drug-likeness (QED) is 0.358. The molecule has 1 aromatic carbocycles. The first-order valence-electron chi connectivity index (χ1n) is 10.1. The average molecular weight is 410 g/mol. The van der Waals surface area contributed by atoms with Crippen LogP contribution in [0, 0.1) is 5.92 Å². The molecule has 28 heavy (non-hydrogen) atoms. The molecule has 7 heteroatoms. The van der Waals surface area contributed by atoms with Crippen molar-refractivity contribution in [1.82, 2.24) is 4.72 Å². The van der Waals surface area contributed by atoms with Crippen LogP contribution in [0.15, 0.2) is 23.8 Å². The highest BCUT2D eigenvalue weighted by atomic mass is 32.2. The van der Waals surface area contributed by atoms with Crippen molar-refractivity contribution in [3.05, 3.63) is 34.9 Å². The molecule has 2 aliphatic rings. The summed E-state index contributed by atoms with van der Waals surface area (Å²) in [5.74, 6) is 1.11. The van der Waals surface area contributed by atoms with Gasteiger partial charge in [0.25, 0.3) is 0 Å². The molecule has 0 fully saturated rings. The fourth-order valence-corrected chi connectivity index (χ4v) is 4.91. The van der Waals surface area contributed by atoms with E-state index in [0.717, 1.165) is 61.0 Å². The van der Waals surface area contributed by atoms with Crippen LogP contribution in [0.3, 0.4) is 0 Å². The number of rotatable bonds is 7. The topological polar surface area (TPSA) is 95.9 Å². The number of nitrogens with one attached hydrogen (secondary N) is 1. The van der Waals surface area contributed by atoms with E-state index in [1.54, 1.807) is 0 Å². The zero-order valence-corrected chi connectivity index (χ0v) is 17.7. The third-order valence-corrected chi connectivity index (χ3v) is 6.46. The summed E-state index contributed by atoms with van der Waals surface area (Å²) in [5, 5.41) is 10.8. The zero-order chi connectivity index (χ0) is 20.5. The van der Waals surface area contributed by atoms with Crippen molar-refractivity contribution in [2.24, 2.45) is 5.92 Å². The second-order valence-electron chi connectivity index (χ2n) is 8.48. The highest BCUT2D eigenvalue weighted by Gasteiger charge is 2.45. The van der Waals surface area contributed by atoms with Gasteiger partial charge in [0.2, 0.25) is 0 Å². The summed E-state index contributed by atoms with van der Waals surface area (Å²) in [7, 11) is -4.23. The molecule has 6 nitrogen and oxygen atoms in total. The SMILES string of the molecule is CCCCCc1cc(O)c2c(c1)OC(C)(C)C1CCC(CNS(=O)(=O)O)=CC21. The summed E-state index contributed by atoms with van der Waals surface area (Å²) in [6, 6.07) is 3.88. The average Bonchev–Trinajstić information content (AvgIpc) is 2.58. The summed E-state index contributed by atoms with van der Waals surface area (Å²) >= 11 is 0. The van der Waals surface area contributed by atoms with E-state index in [1.807, 2.05) is 18.2 Å². The molecule has 156 valence electrons. The van der Waals surface area contributed by atoms with Crippen LogP contribution in [0.2, 0.25) is 0 Å². The van der Waals surface area contributed by atoms with Gasteiger partial charge >= 0.3 is 10.3 Å². The molecule has 2 unspecified atom stereocenters. The highest BCUT2D eigenvalue weighted by molar-refractivity contribution is 7.83. The number of hydrogen-bond acceptors (Lipinski definition) is 4. The monoisotopic (exact) mass is 409 g/mol. The number of unbranched alkanes of at least 4 members (excludes halogenated alkanes) is 2. The lowest BCUT2D eigenvalue weighted by atomic mass is 9.67. The van der Waals surface area contributed by atoms with Crippen molar-refractivity contribution >= 4 is 10.3 Å². The van der Waals surface area contributed by atoms with Crippen molar-refractivity contribution in [1.29, 1.82) is 0 Å². The van der Waals surface area contributed by atoms with E-state index in [1.165, 1.54) is 0 Å². The van der Waals surface area contributed by atoms with E-state index in [9.17, 15) is 13.5 Å². The van der Waals surface area contributed by atoms with Crippen LogP contribution in [0.25, 0.3) is 0 Å². The van der Waals surface area contributed by atoms with E-state index in [0.29, 0.717) is 0 Å². The molecule has 0 saturated carbocycles. The highest BCUT2D eigenvalue weighted by Crippen LogP contribution is 2.53. The normalized spacial score (nSPS) is 23.4. The van der Waals surface area contributed by atoms with Crippen molar-refractivity contribution in [3.8, 4) is 11.5 Å². The van der Waals surface area contributed by atoms with Crippen LogP contribution < -0.4 is 9.46 Å². The fraction of sp³-hybridized carbons (Fsp3) is 0.619. The molecule has 3 N–H and O–H groups in total. The Bertz CT molecular complexity index is 860. The Morgan fingerprint density at radius 1 is 1.29 bits per heavy atom. The predicted molar refractivity (Wildman–Crippen MR) is 109 cm³/mol. The molecule has 0 radical (unpaired) electrons. The first-order chi connectivity index (χ1) is 13.1. The number of benzene rings is 1. The van der Waals surface area contributed by atoms with E-state index in [-0.39, 0.29) is 29.7 Å². The van der Waals surface area contributed by atoms with Gasteiger partial charge in [-0.3, -0.25) is 4.55 Å². The van der Waals surface area contributed by atoms with E-state index in [4.69, 9.17) is 9.29 Å². The Morgan fingerprint density at radius 2 is 2.04 bits per heavy atom. The molecule has 0 saturated heterocycles. The van der Waals surface area contributed by atoms with Crippen LogP contribution in [-0.4, -0.2) is 30.2 Å². The fourth-order valence-electron chi connectivity index (χ4n) is 4.54. The third-order valence-electron chi connectivity index (χ3n) is 5.96. The minimum atomic E-state index is -4.23. The first kappa shape index (κ1) is 21.1. The van der Waals surface area contributed by atoms with Crippen LogP contribution in [0.4, 0.5) is 0 Å². The van der Waals surface area contributed by atoms with E-state index < -0.39 is 10.3 Å². The summed E-state index contributed by atoms with van der Waals surface area (Å²) in [4.78, 5) is 0. The second kappa shape index (κ2) is 8.05. The maximum absolute atomic E-state index is 11.0. The van der Waals surface area contributed by atoms with Crippen LogP contribution >= 0.6 is 0 Å². The standard InChI is InChI=1S/C21H31NO5S/c1-4-5-6-7-14-11-18(23)20-16-10-15(13-22-28(24,25)26)8-9-17(16)21(2,3)27-19(20)12-14/h10-12,16-17,22-23H,4-9,13H2,1-3H3,(H,24,25,26). The Hall–Kier alpha value is -1.57. The minimum absolute atomic E-state index is 0.0459. The molecule has 3 rings (SSSR count). The number of ether oxygens (including phenoxy) is 1. The molecule has 1 aliphatic carbocycles. The maximum Gasteiger partial charge on any atom is 0.333 e. The number of hydrogen-bond donors (Lipinski definition) is 3. The molecule has 0 bridgehead atoms. The van der Waals surface area contributed by atoms with Crippen LogP contribution in [0.1, 0.15) is 69.9 Å². The molecule has 0 amide bonds. The summed E-state index contributed by atoms with van der Waals surface area (Å²) in [6.45, 7) is 6.39. The van der Waals surface area contributed by atoms with Gasteiger partial charge in [-0.25, -0.2) is 0 Å². The van der Waals surface area contributed by atoms with Gasteiger partial charge in [0.1, 0.15) is 17.1 Å². The summed E-state index contributed by atoms with van der Waals surface area (Å²) in [5.41, 5.74) is 2.39. The summed E-state index contributed by atoms with van der Waals surface area (Å²) < 4.78 is 39.5. The molecule has 2 atom stereocenters. The first-order valence-corrected chi connectivity index (χ1v) is 11.5. The van der Waals surface area contributed by atoms with E-state index in [2.05, 4.69) is 25.5 Å². The van der Waals surface area contributed by atoms with Gasteiger partial charge in [0.05, 0.1) is 0 Å². The molecule has 1 heterocycles. The van der Waals surface area contributed by atoms with Gasteiger partial charge in [-0.2, -0.15) is 13.1 Å². The van der Waals surface area contributed by atoms with Crippen LogP contribution in [-0.2, 0) is 16.7 Å². The largest absolute Gasteiger partial charge is 0.507 e. The van der Waals surface area contributed by atoms with Gasteiger partial charge in [-0.1, -0.05) is 31.4 Å². The number of fused-ring (bicyclic) bond motifs is 3. The van der Waals surface area contributed by atoms with Crippen LogP contribution in [0.5, 0.6) is 11.5 Å². The van der Waals surface area contributed by atoms with Crippen molar-refractivity contribution in [2.45, 2.75) is 70.8 Å². The molecule has 1 aliphatic heterocycles. The van der Waals surface area contributed by atoms with Gasteiger partial charge in [-0.05, 0) is 57.2 Å². The Labute approximate surface area is 167 Å². The van der Waals surface area contributed by atoms with Gasteiger partial charge in [-0.15, -0.1) is 0 Å². The molecule has 0 spiro atoms. The van der Waals surface area contributed by atoms with Crippen molar-refractivity contribution < 1.29 is 22.8 Å². The third kappa shape index (κ3) is 4.70. The Morgan fingerprint density at radius 3 is 2.71 bits per heavy atom. The number of aromatic hydroxyl groups is 1. The lowest BCUT2D eigenvalue weighted by Gasteiger charge is -2.46. The number of aryl methyl sites for hydroxylation is 1. The predicted octanol–water partition coefficient (Wildman–Crippen LogP) is 4.11. The number of phenolic OH excluding ortho intramolecular Hbond substituents is 1. The Kier molecular flexibility index (Phi) is 6.08. The maximum atomic E-state index is 11.0. The lowest BCUT2D eigenvalue weighted by Crippen LogP contribution is -2.45.